The molecule has 3 aliphatic heterocycles. The number of morpholine rings is 1. The minimum absolute atomic E-state index is 0.0849. The Morgan fingerprint density at radius 3 is 2.57 bits per heavy atom. The number of carbonyl (C=O) groups excluding carboxylic acids is 2. The van der Waals surface area contributed by atoms with E-state index in [4.69, 9.17) is 18.9 Å². The first kappa shape index (κ1) is 19.0. The van der Waals surface area contributed by atoms with E-state index in [0.717, 1.165) is 6.42 Å². The number of ether oxygens (including phenoxy) is 4. The van der Waals surface area contributed by atoms with Crippen LogP contribution in [0, 0.1) is 5.92 Å². The average molecular weight is 390 g/mol. The van der Waals surface area contributed by atoms with Gasteiger partial charge in [0.05, 0.1) is 38.7 Å². The van der Waals surface area contributed by atoms with E-state index in [9.17, 15) is 9.59 Å². The number of nitrogens with zero attached hydrogens (tertiary/aromatic N) is 1. The molecule has 3 saturated heterocycles. The lowest BCUT2D eigenvalue weighted by molar-refractivity contribution is -0.122. The molecule has 152 valence electrons. The molecular weight excluding hydrogens is 364 g/mol. The zero-order valence-electron chi connectivity index (χ0n) is 16.2. The molecular formula is C20H26N2O6. The third kappa shape index (κ3) is 3.54. The molecule has 0 aliphatic carbocycles. The lowest BCUT2D eigenvalue weighted by Gasteiger charge is -2.27. The van der Waals surface area contributed by atoms with Crippen molar-refractivity contribution in [1.29, 1.82) is 0 Å². The quantitative estimate of drug-likeness (QED) is 0.823. The Morgan fingerprint density at radius 2 is 1.96 bits per heavy atom. The predicted molar refractivity (Wildman–Crippen MR) is 101 cm³/mol. The maximum absolute atomic E-state index is 13.1. The van der Waals surface area contributed by atoms with Crippen molar-refractivity contribution in [3.05, 3.63) is 17.7 Å². The number of amides is 2. The second kappa shape index (κ2) is 7.97. The normalized spacial score (nSPS) is 24.3. The number of carbonyl (C=O) groups is 2. The van der Waals surface area contributed by atoms with Gasteiger partial charge in [-0.15, -0.1) is 0 Å². The molecule has 3 fully saturated rings. The van der Waals surface area contributed by atoms with Gasteiger partial charge in [0, 0.05) is 31.2 Å². The van der Waals surface area contributed by atoms with E-state index in [2.05, 4.69) is 5.32 Å². The number of hydrogen-bond acceptors (Lipinski definition) is 6. The van der Waals surface area contributed by atoms with E-state index in [1.165, 1.54) is 14.2 Å². The molecule has 3 heterocycles. The molecule has 0 saturated carbocycles. The molecule has 2 bridgehead atoms. The third-order valence-corrected chi connectivity index (χ3v) is 5.74. The van der Waals surface area contributed by atoms with Gasteiger partial charge >= 0.3 is 0 Å². The molecule has 0 radical (unpaired) electrons. The van der Waals surface area contributed by atoms with Crippen LogP contribution in [0.5, 0.6) is 11.5 Å². The van der Waals surface area contributed by atoms with Gasteiger partial charge in [-0.1, -0.05) is 0 Å². The van der Waals surface area contributed by atoms with Crippen molar-refractivity contribution < 1.29 is 28.5 Å². The largest absolute Gasteiger partial charge is 0.493 e. The fourth-order valence-corrected chi connectivity index (χ4v) is 4.19. The standard InChI is InChI=1S/C20H26N2O6/c1-25-17-8-13(20(24)22-10-15-9-14(22)11-28-15)7-16(18(17)26-2)21-19(23)12-3-5-27-6-4-12/h7-8,12,14-15H,3-6,9-11H2,1-2H3,(H,21,23)/t14-,15-/m1/s1. The SMILES string of the molecule is COc1cc(C(=O)N2C[C@H]3C[C@@H]2CO3)cc(NC(=O)C2CCOCC2)c1OC. The highest BCUT2D eigenvalue weighted by Crippen LogP contribution is 2.38. The molecule has 2 amide bonds. The van der Waals surface area contributed by atoms with E-state index in [-0.39, 0.29) is 29.9 Å². The van der Waals surface area contributed by atoms with E-state index in [1.807, 2.05) is 4.90 Å². The summed E-state index contributed by atoms with van der Waals surface area (Å²) in [5, 5.41) is 2.93. The van der Waals surface area contributed by atoms with Crippen LogP contribution in [0.3, 0.4) is 0 Å². The number of fused-ring (bicyclic) bond motifs is 2. The summed E-state index contributed by atoms with van der Waals surface area (Å²) >= 11 is 0. The molecule has 1 N–H and O–H groups in total. The van der Waals surface area contributed by atoms with Crippen LogP contribution >= 0.6 is 0 Å². The van der Waals surface area contributed by atoms with E-state index >= 15 is 0 Å². The Labute approximate surface area is 164 Å². The van der Waals surface area contributed by atoms with Crippen molar-refractivity contribution in [2.24, 2.45) is 5.92 Å². The first-order valence-corrected chi connectivity index (χ1v) is 9.68. The molecule has 2 atom stereocenters. The molecule has 0 spiro atoms. The van der Waals surface area contributed by atoms with Gasteiger partial charge in [-0.25, -0.2) is 0 Å². The van der Waals surface area contributed by atoms with Gasteiger partial charge in [0.1, 0.15) is 0 Å². The molecule has 1 aromatic rings. The zero-order chi connectivity index (χ0) is 19.7. The molecule has 1 aromatic carbocycles. The van der Waals surface area contributed by atoms with Crippen molar-refractivity contribution in [2.45, 2.75) is 31.4 Å². The molecule has 8 nitrogen and oxygen atoms in total. The van der Waals surface area contributed by atoms with Gasteiger partial charge in [0.25, 0.3) is 5.91 Å². The molecule has 3 aliphatic rings. The number of hydrogen-bond donors (Lipinski definition) is 1. The molecule has 0 aromatic heterocycles. The van der Waals surface area contributed by atoms with E-state index in [0.29, 0.717) is 62.0 Å². The summed E-state index contributed by atoms with van der Waals surface area (Å²) in [6.07, 6.45) is 2.37. The first-order chi connectivity index (χ1) is 13.6. The smallest absolute Gasteiger partial charge is 0.254 e. The van der Waals surface area contributed by atoms with Crippen LogP contribution in [0.15, 0.2) is 12.1 Å². The maximum Gasteiger partial charge on any atom is 0.254 e. The van der Waals surface area contributed by atoms with Gasteiger partial charge in [-0.3, -0.25) is 9.59 Å². The summed E-state index contributed by atoms with van der Waals surface area (Å²) in [6.45, 7) is 2.34. The number of methoxy groups -OCH3 is 2. The fraction of sp³-hybridized carbons (Fsp3) is 0.600. The highest BCUT2D eigenvalue weighted by atomic mass is 16.5. The van der Waals surface area contributed by atoms with Crippen LogP contribution in [-0.4, -0.2) is 69.4 Å². The highest BCUT2D eigenvalue weighted by Gasteiger charge is 2.42. The second-order valence-electron chi connectivity index (χ2n) is 7.44. The first-order valence-electron chi connectivity index (χ1n) is 9.68. The van der Waals surface area contributed by atoms with Gasteiger partial charge in [-0.05, 0) is 31.4 Å². The number of likely N-dealkylation sites (tertiary alicyclic amines) is 1. The van der Waals surface area contributed by atoms with Crippen molar-refractivity contribution in [3.8, 4) is 11.5 Å². The average Bonchev–Trinajstić information content (AvgIpc) is 3.37. The van der Waals surface area contributed by atoms with Gasteiger partial charge in [0.15, 0.2) is 11.5 Å². The van der Waals surface area contributed by atoms with Crippen molar-refractivity contribution >= 4 is 17.5 Å². The lowest BCUT2D eigenvalue weighted by atomic mass is 9.99. The van der Waals surface area contributed by atoms with Gasteiger partial charge in [-0.2, -0.15) is 0 Å². The summed E-state index contributed by atoms with van der Waals surface area (Å²) < 4.78 is 21.8. The number of anilines is 1. The summed E-state index contributed by atoms with van der Waals surface area (Å²) in [5.41, 5.74) is 0.912. The van der Waals surface area contributed by atoms with Crippen LogP contribution < -0.4 is 14.8 Å². The van der Waals surface area contributed by atoms with E-state index < -0.39 is 0 Å². The Morgan fingerprint density at radius 1 is 1.18 bits per heavy atom. The Bertz CT molecular complexity index is 761. The fourth-order valence-electron chi connectivity index (χ4n) is 4.19. The van der Waals surface area contributed by atoms with Crippen LogP contribution in [-0.2, 0) is 14.3 Å². The molecule has 4 rings (SSSR count). The summed E-state index contributed by atoms with van der Waals surface area (Å²) in [5.74, 6) is 0.525. The minimum Gasteiger partial charge on any atom is -0.493 e. The van der Waals surface area contributed by atoms with Crippen molar-refractivity contribution in [2.75, 3.05) is 45.9 Å². The van der Waals surface area contributed by atoms with Crippen molar-refractivity contribution in [1.82, 2.24) is 4.90 Å². The number of benzene rings is 1. The molecule has 8 heteroatoms. The monoisotopic (exact) mass is 390 g/mol. The second-order valence-corrected chi connectivity index (χ2v) is 7.44. The molecule has 0 unspecified atom stereocenters. The summed E-state index contributed by atoms with van der Waals surface area (Å²) in [7, 11) is 3.03. The van der Waals surface area contributed by atoms with E-state index in [1.54, 1.807) is 12.1 Å². The van der Waals surface area contributed by atoms with Crippen LogP contribution in [0.4, 0.5) is 5.69 Å². The summed E-state index contributed by atoms with van der Waals surface area (Å²) in [4.78, 5) is 27.6. The van der Waals surface area contributed by atoms with Crippen LogP contribution in [0.25, 0.3) is 0 Å². The van der Waals surface area contributed by atoms with Crippen LogP contribution in [0.1, 0.15) is 29.6 Å². The Balaban J connectivity index is 1.60. The number of nitrogens with one attached hydrogen (secondary N) is 1. The van der Waals surface area contributed by atoms with Gasteiger partial charge in [0.2, 0.25) is 5.91 Å². The maximum atomic E-state index is 13.1. The minimum atomic E-state index is -0.115. The Hall–Kier alpha value is -2.32. The molecule has 28 heavy (non-hydrogen) atoms. The van der Waals surface area contributed by atoms with Gasteiger partial charge < -0.3 is 29.2 Å². The topological polar surface area (TPSA) is 86.3 Å². The lowest BCUT2D eigenvalue weighted by Crippen LogP contribution is -2.41. The number of rotatable bonds is 5. The third-order valence-electron chi connectivity index (χ3n) is 5.74. The predicted octanol–water partition coefficient (Wildman–Crippen LogP) is 1.68. The highest BCUT2D eigenvalue weighted by molar-refractivity contribution is 6.00. The zero-order valence-corrected chi connectivity index (χ0v) is 16.2. The van der Waals surface area contributed by atoms with Crippen molar-refractivity contribution in [3.63, 3.8) is 0 Å². The summed E-state index contributed by atoms with van der Waals surface area (Å²) in [6, 6.07) is 3.46. The Kier molecular flexibility index (Phi) is 5.41. The van der Waals surface area contributed by atoms with Crippen LogP contribution in [0.2, 0.25) is 0 Å².